The molecular weight excluding hydrogens is 259 g/mol. The summed E-state index contributed by atoms with van der Waals surface area (Å²) in [6.45, 7) is 2.62. The number of ether oxygens (including phenoxy) is 1. The molecule has 0 unspecified atom stereocenters. The summed E-state index contributed by atoms with van der Waals surface area (Å²) in [5.74, 6) is 1.44. The zero-order valence-corrected chi connectivity index (χ0v) is 12.7. The number of aryl methyl sites for hydroxylation is 1. The fraction of sp³-hybridized carbons (Fsp3) is 0.625. The van der Waals surface area contributed by atoms with Gasteiger partial charge in [0.25, 0.3) is 0 Å². The fourth-order valence-corrected chi connectivity index (χ4v) is 2.23. The van der Waals surface area contributed by atoms with Gasteiger partial charge in [0.15, 0.2) is 0 Å². The highest BCUT2D eigenvalue weighted by molar-refractivity contribution is 7.80. The SMILES string of the molecule is Cc1ccc(F)cc1OCCCCCCCCCS. The van der Waals surface area contributed by atoms with E-state index in [9.17, 15) is 4.39 Å². The summed E-state index contributed by atoms with van der Waals surface area (Å²) < 4.78 is 18.7. The summed E-state index contributed by atoms with van der Waals surface area (Å²) >= 11 is 4.20. The van der Waals surface area contributed by atoms with Crippen LogP contribution >= 0.6 is 12.6 Å². The van der Waals surface area contributed by atoms with Crippen LogP contribution in [0.15, 0.2) is 18.2 Å². The van der Waals surface area contributed by atoms with Gasteiger partial charge in [0, 0.05) is 6.07 Å². The topological polar surface area (TPSA) is 9.23 Å². The zero-order valence-electron chi connectivity index (χ0n) is 11.8. The second-order valence-corrected chi connectivity index (χ2v) is 5.40. The Balaban J connectivity index is 2.03. The predicted molar refractivity (Wildman–Crippen MR) is 82.8 cm³/mol. The lowest BCUT2D eigenvalue weighted by Crippen LogP contribution is -1.99. The molecule has 0 atom stereocenters. The van der Waals surface area contributed by atoms with E-state index in [0.29, 0.717) is 12.4 Å². The summed E-state index contributed by atoms with van der Waals surface area (Å²) in [5, 5.41) is 0. The summed E-state index contributed by atoms with van der Waals surface area (Å²) in [5.41, 5.74) is 0.994. The summed E-state index contributed by atoms with van der Waals surface area (Å²) in [4.78, 5) is 0. The van der Waals surface area contributed by atoms with Gasteiger partial charge in [-0.05, 0) is 37.1 Å². The molecule has 0 saturated heterocycles. The van der Waals surface area contributed by atoms with Crippen LogP contribution in [-0.4, -0.2) is 12.4 Å². The number of hydrogen-bond donors (Lipinski definition) is 1. The molecule has 0 bridgehead atoms. The van der Waals surface area contributed by atoms with Crippen LogP contribution in [0.4, 0.5) is 4.39 Å². The van der Waals surface area contributed by atoms with Crippen LogP contribution in [0.1, 0.15) is 50.5 Å². The average molecular weight is 284 g/mol. The van der Waals surface area contributed by atoms with Crippen molar-refractivity contribution in [3.8, 4) is 5.75 Å². The normalized spacial score (nSPS) is 10.7. The Bertz CT molecular complexity index is 355. The number of benzene rings is 1. The summed E-state index contributed by atoms with van der Waals surface area (Å²) in [6.07, 6.45) is 8.63. The molecule has 0 saturated carbocycles. The van der Waals surface area contributed by atoms with Crippen molar-refractivity contribution in [1.29, 1.82) is 0 Å². The standard InChI is InChI=1S/C16H25FOS/c1-14-9-10-15(17)13-16(14)18-11-7-5-3-2-4-6-8-12-19/h9-10,13,19H,2-8,11-12H2,1H3. The van der Waals surface area contributed by atoms with Gasteiger partial charge < -0.3 is 4.74 Å². The molecule has 1 aromatic carbocycles. The number of thiol groups is 1. The molecule has 1 nitrogen and oxygen atoms in total. The highest BCUT2D eigenvalue weighted by Crippen LogP contribution is 2.19. The molecule has 0 spiro atoms. The molecule has 0 amide bonds. The molecule has 0 aliphatic rings. The first-order chi connectivity index (χ1) is 9.24. The van der Waals surface area contributed by atoms with E-state index in [4.69, 9.17) is 4.74 Å². The van der Waals surface area contributed by atoms with Crippen molar-refractivity contribution in [2.75, 3.05) is 12.4 Å². The van der Waals surface area contributed by atoms with Gasteiger partial charge in [0.05, 0.1) is 6.61 Å². The number of rotatable bonds is 10. The molecule has 0 aromatic heterocycles. The van der Waals surface area contributed by atoms with E-state index in [1.54, 1.807) is 6.07 Å². The molecule has 1 rings (SSSR count). The Morgan fingerprint density at radius 1 is 1.00 bits per heavy atom. The smallest absolute Gasteiger partial charge is 0.126 e. The van der Waals surface area contributed by atoms with Crippen LogP contribution in [0.3, 0.4) is 0 Å². The Morgan fingerprint density at radius 3 is 2.32 bits per heavy atom. The van der Waals surface area contributed by atoms with Crippen LogP contribution in [0.25, 0.3) is 0 Å². The van der Waals surface area contributed by atoms with Crippen LogP contribution in [-0.2, 0) is 0 Å². The first kappa shape index (κ1) is 16.4. The van der Waals surface area contributed by atoms with Gasteiger partial charge in [-0.2, -0.15) is 12.6 Å². The van der Waals surface area contributed by atoms with E-state index < -0.39 is 0 Å². The average Bonchev–Trinajstić information content (AvgIpc) is 2.40. The molecule has 1 aromatic rings. The van der Waals surface area contributed by atoms with Crippen molar-refractivity contribution < 1.29 is 9.13 Å². The zero-order chi connectivity index (χ0) is 13.9. The summed E-state index contributed by atoms with van der Waals surface area (Å²) in [7, 11) is 0. The van der Waals surface area contributed by atoms with E-state index in [1.807, 2.05) is 6.92 Å². The van der Waals surface area contributed by atoms with Gasteiger partial charge in [0.1, 0.15) is 11.6 Å². The van der Waals surface area contributed by atoms with Crippen LogP contribution in [0.2, 0.25) is 0 Å². The molecule has 0 radical (unpaired) electrons. The largest absolute Gasteiger partial charge is 0.493 e. The van der Waals surface area contributed by atoms with Crippen molar-refractivity contribution in [2.45, 2.75) is 51.9 Å². The van der Waals surface area contributed by atoms with Crippen LogP contribution in [0, 0.1) is 12.7 Å². The van der Waals surface area contributed by atoms with Crippen molar-refractivity contribution in [1.82, 2.24) is 0 Å². The number of hydrogen-bond acceptors (Lipinski definition) is 2. The van der Waals surface area contributed by atoms with E-state index >= 15 is 0 Å². The first-order valence-corrected chi connectivity index (χ1v) is 7.87. The van der Waals surface area contributed by atoms with Gasteiger partial charge in [-0.3, -0.25) is 0 Å². The third kappa shape index (κ3) is 7.46. The molecule has 108 valence electrons. The number of unbranched alkanes of at least 4 members (excludes halogenated alkanes) is 6. The third-order valence-electron chi connectivity index (χ3n) is 3.21. The molecular formula is C16H25FOS. The monoisotopic (exact) mass is 284 g/mol. The van der Waals surface area contributed by atoms with Crippen LogP contribution < -0.4 is 4.74 Å². The van der Waals surface area contributed by atoms with Crippen molar-refractivity contribution in [3.63, 3.8) is 0 Å². The fourth-order valence-electron chi connectivity index (χ4n) is 2.01. The highest BCUT2D eigenvalue weighted by atomic mass is 32.1. The number of halogens is 1. The third-order valence-corrected chi connectivity index (χ3v) is 3.53. The Labute approximate surface area is 122 Å². The predicted octanol–water partition coefficient (Wildman–Crippen LogP) is 5.17. The molecule has 19 heavy (non-hydrogen) atoms. The first-order valence-electron chi connectivity index (χ1n) is 7.24. The molecule has 0 aliphatic carbocycles. The van der Waals surface area contributed by atoms with Crippen molar-refractivity contribution >= 4 is 12.6 Å². The van der Waals surface area contributed by atoms with Crippen molar-refractivity contribution in [2.24, 2.45) is 0 Å². The van der Waals surface area contributed by atoms with Gasteiger partial charge >= 0.3 is 0 Å². The lowest BCUT2D eigenvalue weighted by atomic mass is 10.1. The molecule has 0 N–H and O–H groups in total. The maximum atomic E-state index is 13.0. The van der Waals surface area contributed by atoms with Gasteiger partial charge in [-0.25, -0.2) is 4.39 Å². The molecule has 0 fully saturated rings. The van der Waals surface area contributed by atoms with Crippen LogP contribution in [0.5, 0.6) is 5.75 Å². The lowest BCUT2D eigenvalue weighted by molar-refractivity contribution is 0.301. The maximum absolute atomic E-state index is 13.0. The minimum absolute atomic E-state index is 0.232. The Kier molecular flexibility index (Phi) is 8.72. The van der Waals surface area contributed by atoms with Gasteiger partial charge in [-0.15, -0.1) is 0 Å². The second-order valence-electron chi connectivity index (χ2n) is 4.96. The van der Waals surface area contributed by atoms with Crippen molar-refractivity contribution in [3.05, 3.63) is 29.6 Å². The van der Waals surface area contributed by atoms with Gasteiger partial charge in [-0.1, -0.05) is 38.2 Å². The minimum Gasteiger partial charge on any atom is -0.493 e. The molecule has 3 heteroatoms. The molecule has 0 heterocycles. The quantitative estimate of drug-likeness (QED) is 0.460. The minimum atomic E-state index is -0.232. The Hall–Kier alpha value is -0.700. The van der Waals surface area contributed by atoms with E-state index in [2.05, 4.69) is 12.6 Å². The highest BCUT2D eigenvalue weighted by Gasteiger charge is 2.01. The van der Waals surface area contributed by atoms with Gasteiger partial charge in [0.2, 0.25) is 0 Å². The van der Waals surface area contributed by atoms with E-state index in [-0.39, 0.29) is 5.82 Å². The van der Waals surface area contributed by atoms with E-state index in [0.717, 1.165) is 17.7 Å². The maximum Gasteiger partial charge on any atom is 0.126 e. The van der Waals surface area contributed by atoms with E-state index in [1.165, 1.54) is 50.7 Å². The summed E-state index contributed by atoms with van der Waals surface area (Å²) in [6, 6.07) is 4.69. The second kappa shape index (κ2) is 10.1. The lowest BCUT2D eigenvalue weighted by Gasteiger charge is -2.09. The Morgan fingerprint density at radius 2 is 1.63 bits per heavy atom. The molecule has 0 aliphatic heterocycles.